The Labute approximate surface area is 275 Å². The number of nitrogens with zero attached hydrogens (tertiary/aromatic N) is 3. The van der Waals surface area contributed by atoms with E-state index >= 15 is 0 Å². The molecule has 1 aromatic carbocycles. The molecule has 47 heavy (non-hydrogen) atoms. The fourth-order valence-electron chi connectivity index (χ4n) is 8.05. The molecule has 6 rings (SSSR count). The first-order valence-electron chi connectivity index (χ1n) is 16.3. The Bertz CT molecular complexity index is 1620. The first kappa shape index (κ1) is 34.0. The van der Waals surface area contributed by atoms with E-state index in [1.165, 1.54) is 36.8 Å². The molecule has 4 heterocycles. The number of halogens is 2. The number of carbonyl (C=O) groups is 4. The molecule has 0 unspecified atom stereocenters. The lowest BCUT2D eigenvalue weighted by Crippen LogP contribution is -2.61. The van der Waals surface area contributed by atoms with Crippen LogP contribution in [0.25, 0.3) is 10.1 Å². The monoisotopic (exact) mass is 694 g/mol. The van der Waals surface area contributed by atoms with Crippen LogP contribution in [0.15, 0.2) is 24.3 Å². The predicted octanol–water partition coefficient (Wildman–Crippen LogP) is 4.41. The Balaban J connectivity index is 1.24. The molecule has 15 heteroatoms. The van der Waals surface area contributed by atoms with Gasteiger partial charge >= 0.3 is 13.3 Å². The number of benzene rings is 1. The van der Waals surface area contributed by atoms with E-state index in [0.29, 0.717) is 43.6 Å². The Kier molecular flexibility index (Phi) is 9.27. The van der Waals surface area contributed by atoms with Crippen molar-refractivity contribution in [1.29, 1.82) is 0 Å². The van der Waals surface area contributed by atoms with Crippen LogP contribution in [0.1, 0.15) is 86.4 Å². The molecule has 3 atom stereocenters. The summed E-state index contributed by atoms with van der Waals surface area (Å²) in [4.78, 5) is 78.0. The summed E-state index contributed by atoms with van der Waals surface area (Å²) in [6, 6.07) is 2.38. The minimum Gasteiger partial charge on any atom is -0.340 e. The Morgan fingerprint density at radius 2 is 1.70 bits per heavy atom. The summed E-state index contributed by atoms with van der Waals surface area (Å²) < 4.78 is 40.5. The molecule has 3 N–H and O–H groups in total. The van der Waals surface area contributed by atoms with Crippen molar-refractivity contribution in [3.05, 3.63) is 34.7 Å². The molecule has 1 saturated carbocycles. The first-order valence-corrected chi connectivity index (χ1v) is 18.8. The second-order valence-corrected chi connectivity index (χ2v) is 16.4. The standard InChI is InChI=1S/C32H41F2N4O7PS/c1-20(39)36-15-10-23-7-8-25(30(42)37-14-5-4-13-31(19-37)11-2-3-12-31)38(23)29(41)24(18-36)35-28(40)27-17-21-16-22(6-9-26(21)47-27)32(33,34)46(43,44)45/h6,9,16-17,23-25H,2-5,7-8,10-15,18-19H2,1H3,(H,35,40)(H2,43,44,45)/t23-,24-,25-/m1/s1. The Hall–Kier alpha value is -2.93. The molecule has 0 radical (unpaired) electrons. The molecule has 1 spiro atoms. The normalized spacial score (nSPS) is 25.4. The fourth-order valence-corrected chi connectivity index (χ4v) is 9.47. The molecule has 3 saturated heterocycles. The van der Waals surface area contributed by atoms with Crippen LogP contribution in [-0.2, 0) is 24.6 Å². The molecule has 0 bridgehead atoms. The minimum atomic E-state index is -5.78. The number of likely N-dealkylation sites (tertiary alicyclic amines) is 1. The van der Waals surface area contributed by atoms with Crippen LogP contribution in [-0.4, -0.2) is 92.4 Å². The van der Waals surface area contributed by atoms with Crippen molar-refractivity contribution in [3.8, 4) is 0 Å². The number of fused-ring (bicyclic) bond motifs is 2. The maximum absolute atomic E-state index is 14.4. The highest BCUT2D eigenvalue weighted by Crippen LogP contribution is 2.59. The molecule has 4 amide bonds. The SMILES string of the molecule is CC(=O)N1CC[C@H]2CC[C@H](C(=O)N3CCCCC4(CCCC4)C3)N2C(=O)[C@H](NC(=O)c2cc3cc(C(F)(F)P(=O)(O)O)ccc3s2)C1. The predicted molar refractivity (Wildman–Crippen MR) is 171 cm³/mol. The number of rotatable bonds is 5. The highest BCUT2D eigenvalue weighted by Gasteiger charge is 2.51. The summed E-state index contributed by atoms with van der Waals surface area (Å²) in [5.41, 5.74) is -5.13. The average Bonchev–Trinajstić information content (AvgIpc) is 3.72. The van der Waals surface area contributed by atoms with Gasteiger partial charge in [-0.2, -0.15) is 8.78 Å². The molecule has 4 fully saturated rings. The summed E-state index contributed by atoms with van der Waals surface area (Å²) in [6.07, 6.45) is 9.37. The van der Waals surface area contributed by atoms with Crippen LogP contribution < -0.4 is 5.32 Å². The molecular formula is C32H41F2N4O7PS. The lowest BCUT2D eigenvalue weighted by Gasteiger charge is -2.40. The van der Waals surface area contributed by atoms with Gasteiger partial charge in [-0.15, -0.1) is 11.3 Å². The third-order valence-corrected chi connectivity index (χ3v) is 12.7. The van der Waals surface area contributed by atoms with E-state index in [1.807, 2.05) is 4.90 Å². The summed E-state index contributed by atoms with van der Waals surface area (Å²) in [5.74, 6) is -1.38. The molecule has 1 aromatic heterocycles. The van der Waals surface area contributed by atoms with E-state index in [9.17, 15) is 32.5 Å². The van der Waals surface area contributed by atoms with Gasteiger partial charge in [0.15, 0.2) is 0 Å². The van der Waals surface area contributed by atoms with Gasteiger partial charge in [-0.25, -0.2) is 0 Å². The molecular weight excluding hydrogens is 653 g/mol. The number of alkyl halides is 2. The van der Waals surface area contributed by atoms with Gasteiger partial charge in [0.2, 0.25) is 17.7 Å². The average molecular weight is 695 g/mol. The molecule has 1 aliphatic carbocycles. The van der Waals surface area contributed by atoms with Gasteiger partial charge in [0.05, 0.1) is 4.88 Å². The van der Waals surface area contributed by atoms with E-state index in [4.69, 9.17) is 9.79 Å². The van der Waals surface area contributed by atoms with Crippen LogP contribution >= 0.6 is 18.9 Å². The van der Waals surface area contributed by atoms with Crippen molar-refractivity contribution in [1.82, 2.24) is 20.0 Å². The zero-order valence-corrected chi connectivity index (χ0v) is 28.0. The van der Waals surface area contributed by atoms with Gasteiger partial charge in [0, 0.05) is 49.4 Å². The number of thiophene rings is 1. The van der Waals surface area contributed by atoms with E-state index in [1.54, 1.807) is 4.90 Å². The number of carbonyl (C=O) groups excluding carboxylic acids is 4. The van der Waals surface area contributed by atoms with Gasteiger partial charge in [0.25, 0.3) is 5.91 Å². The third kappa shape index (κ3) is 6.58. The smallest absolute Gasteiger partial charge is 0.340 e. The van der Waals surface area contributed by atoms with Gasteiger partial charge in [0.1, 0.15) is 12.1 Å². The van der Waals surface area contributed by atoms with Crippen LogP contribution in [0.2, 0.25) is 0 Å². The van der Waals surface area contributed by atoms with Crippen molar-refractivity contribution >= 4 is 52.6 Å². The zero-order chi connectivity index (χ0) is 33.7. The van der Waals surface area contributed by atoms with Gasteiger partial charge in [-0.05, 0) is 73.9 Å². The van der Waals surface area contributed by atoms with Crippen LogP contribution in [0.3, 0.4) is 0 Å². The molecule has 3 aliphatic heterocycles. The number of nitrogens with one attached hydrogen (secondary N) is 1. The summed E-state index contributed by atoms with van der Waals surface area (Å²) in [7, 11) is -5.78. The Morgan fingerprint density at radius 1 is 1.00 bits per heavy atom. The van der Waals surface area contributed by atoms with Gasteiger partial charge in [-0.1, -0.05) is 25.3 Å². The molecule has 4 aliphatic rings. The van der Waals surface area contributed by atoms with Crippen LogP contribution in [0.5, 0.6) is 0 Å². The van der Waals surface area contributed by atoms with Crippen molar-refractivity contribution in [2.24, 2.45) is 5.41 Å². The fraction of sp³-hybridized carbons (Fsp3) is 0.625. The number of hydrogen-bond donors (Lipinski definition) is 3. The second kappa shape index (κ2) is 12.8. The highest BCUT2D eigenvalue weighted by molar-refractivity contribution is 7.52. The van der Waals surface area contributed by atoms with Crippen LogP contribution in [0.4, 0.5) is 8.78 Å². The summed E-state index contributed by atoms with van der Waals surface area (Å²) >= 11 is 0.976. The lowest BCUT2D eigenvalue weighted by molar-refractivity contribution is -0.149. The molecule has 11 nitrogen and oxygen atoms in total. The Morgan fingerprint density at radius 3 is 2.38 bits per heavy atom. The molecule has 256 valence electrons. The summed E-state index contributed by atoms with van der Waals surface area (Å²) in [5, 5.41) is 2.94. The van der Waals surface area contributed by atoms with Gasteiger partial charge < -0.3 is 29.8 Å². The third-order valence-electron chi connectivity index (χ3n) is 10.6. The first-order chi connectivity index (χ1) is 22.2. The summed E-state index contributed by atoms with van der Waals surface area (Å²) in [6.45, 7) is 3.06. The van der Waals surface area contributed by atoms with Crippen molar-refractivity contribution in [3.63, 3.8) is 0 Å². The number of amides is 4. The van der Waals surface area contributed by atoms with Gasteiger partial charge in [-0.3, -0.25) is 23.7 Å². The van der Waals surface area contributed by atoms with Crippen LogP contribution in [0, 0.1) is 5.41 Å². The minimum absolute atomic E-state index is 0.0458. The van der Waals surface area contributed by atoms with Crippen molar-refractivity contribution in [2.75, 3.05) is 26.2 Å². The van der Waals surface area contributed by atoms with E-state index in [0.717, 1.165) is 55.6 Å². The lowest BCUT2D eigenvalue weighted by atomic mass is 9.81. The zero-order valence-electron chi connectivity index (χ0n) is 26.3. The van der Waals surface area contributed by atoms with E-state index < -0.39 is 42.7 Å². The van der Waals surface area contributed by atoms with E-state index in [2.05, 4.69) is 5.32 Å². The quantitative estimate of drug-likeness (QED) is 0.393. The van der Waals surface area contributed by atoms with Crippen molar-refractivity contribution in [2.45, 2.75) is 94.9 Å². The topological polar surface area (TPSA) is 148 Å². The van der Waals surface area contributed by atoms with Crippen molar-refractivity contribution < 1.29 is 42.3 Å². The van der Waals surface area contributed by atoms with E-state index in [-0.39, 0.29) is 40.1 Å². The number of hydrogen-bond acceptors (Lipinski definition) is 6. The second-order valence-electron chi connectivity index (χ2n) is 13.6. The molecule has 2 aromatic rings. The highest BCUT2D eigenvalue weighted by atomic mass is 32.1. The maximum Gasteiger partial charge on any atom is 0.399 e. The largest absolute Gasteiger partial charge is 0.399 e. The maximum atomic E-state index is 14.4.